The first-order valence-corrected chi connectivity index (χ1v) is 5.08. The zero-order valence-electron chi connectivity index (χ0n) is 8.33. The Morgan fingerprint density at radius 3 is 2.75 bits per heavy atom. The quantitative estimate of drug-likeness (QED) is 0.692. The number of H-pyrrole nitrogens is 1. The predicted molar refractivity (Wildman–Crippen MR) is 64.5 cm³/mol. The molecule has 0 fully saturated rings. The van der Waals surface area contributed by atoms with E-state index in [2.05, 4.69) is 16.8 Å². The standard InChI is InChI=1S/C13H8ClNO/c14-11-3-1-2-10(8-11)4-5-12-9-13(16)6-7-15-12/h1-3,6-9H,(H,15,16). The molecule has 0 atom stereocenters. The molecule has 0 amide bonds. The molecule has 2 aromatic rings. The highest BCUT2D eigenvalue weighted by molar-refractivity contribution is 6.30. The molecule has 3 heteroatoms. The van der Waals surface area contributed by atoms with E-state index in [0.717, 1.165) is 5.56 Å². The van der Waals surface area contributed by atoms with Crippen molar-refractivity contribution in [1.82, 2.24) is 4.98 Å². The number of aromatic nitrogens is 1. The van der Waals surface area contributed by atoms with Gasteiger partial charge in [-0.3, -0.25) is 4.79 Å². The van der Waals surface area contributed by atoms with Crippen LogP contribution in [0.3, 0.4) is 0 Å². The lowest BCUT2D eigenvalue weighted by molar-refractivity contribution is 1.26. The largest absolute Gasteiger partial charge is 0.355 e. The average molecular weight is 230 g/mol. The summed E-state index contributed by atoms with van der Waals surface area (Å²) in [6.45, 7) is 0. The van der Waals surface area contributed by atoms with E-state index >= 15 is 0 Å². The van der Waals surface area contributed by atoms with Crippen LogP contribution in [0.4, 0.5) is 0 Å². The minimum atomic E-state index is -0.0610. The number of aromatic amines is 1. The number of hydrogen-bond donors (Lipinski definition) is 1. The van der Waals surface area contributed by atoms with Crippen LogP contribution in [0.15, 0.2) is 47.4 Å². The smallest absolute Gasteiger partial charge is 0.182 e. The fourth-order valence-electron chi connectivity index (χ4n) is 1.22. The molecule has 0 radical (unpaired) electrons. The van der Waals surface area contributed by atoms with E-state index in [0.29, 0.717) is 10.7 Å². The molecule has 1 heterocycles. The van der Waals surface area contributed by atoms with Gasteiger partial charge in [0.05, 0.1) is 5.69 Å². The van der Waals surface area contributed by atoms with Gasteiger partial charge in [0.1, 0.15) is 0 Å². The van der Waals surface area contributed by atoms with Crippen LogP contribution in [0, 0.1) is 11.8 Å². The molecule has 0 saturated heterocycles. The van der Waals surface area contributed by atoms with Crippen molar-refractivity contribution in [3.05, 3.63) is 69.1 Å². The Labute approximate surface area is 97.9 Å². The number of hydrogen-bond acceptors (Lipinski definition) is 1. The van der Waals surface area contributed by atoms with Crippen molar-refractivity contribution in [3.8, 4) is 11.8 Å². The molecular weight excluding hydrogens is 222 g/mol. The number of rotatable bonds is 0. The maximum absolute atomic E-state index is 11.0. The Morgan fingerprint density at radius 1 is 1.12 bits per heavy atom. The van der Waals surface area contributed by atoms with Crippen molar-refractivity contribution in [2.24, 2.45) is 0 Å². The summed E-state index contributed by atoms with van der Waals surface area (Å²) in [7, 11) is 0. The summed E-state index contributed by atoms with van der Waals surface area (Å²) >= 11 is 5.83. The van der Waals surface area contributed by atoms with E-state index in [1.54, 1.807) is 18.3 Å². The highest BCUT2D eigenvalue weighted by atomic mass is 35.5. The minimum Gasteiger partial charge on any atom is -0.355 e. The van der Waals surface area contributed by atoms with Crippen LogP contribution in [0.1, 0.15) is 11.3 Å². The van der Waals surface area contributed by atoms with Gasteiger partial charge < -0.3 is 4.98 Å². The maximum Gasteiger partial charge on any atom is 0.182 e. The Hall–Kier alpha value is -1.98. The topological polar surface area (TPSA) is 32.9 Å². The van der Waals surface area contributed by atoms with Crippen molar-refractivity contribution in [2.75, 3.05) is 0 Å². The third kappa shape index (κ3) is 2.75. The van der Waals surface area contributed by atoms with Gasteiger partial charge in [-0.25, -0.2) is 0 Å². The number of halogens is 1. The molecule has 1 aromatic carbocycles. The molecule has 0 aliphatic heterocycles. The van der Waals surface area contributed by atoms with E-state index in [-0.39, 0.29) is 5.43 Å². The van der Waals surface area contributed by atoms with Crippen LogP contribution in [-0.2, 0) is 0 Å². The lowest BCUT2D eigenvalue weighted by Gasteiger charge is -1.91. The van der Waals surface area contributed by atoms with Crippen LogP contribution < -0.4 is 5.43 Å². The second kappa shape index (κ2) is 4.69. The average Bonchev–Trinajstić information content (AvgIpc) is 2.27. The maximum atomic E-state index is 11.0. The summed E-state index contributed by atoms with van der Waals surface area (Å²) < 4.78 is 0. The molecule has 0 spiro atoms. The SMILES string of the molecule is O=c1cc[nH]c(C#Cc2cccc(Cl)c2)c1. The van der Waals surface area contributed by atoms with Gasteiger partial charge in [0, 0.05) is 28.9 Å². The zero-order chi connectivity index (χ0) is 11.4. The van der Waals surface area contributed by atoms with Gasteiger partial charge in [-0.1, -0.05) is 23.6 Å². The zero-order valence-corrected chi connectivity index (χ0v) is 9.08. The first-order valence-electron chi connectivity index (χ1n) is 4.70. The van der Waals surface area contributed by atoms with Gasteiger partial charge in [-0.2, -0.15) is 0 Å². The molecule has 2 nitrogen and oxygen atoms in total. The van der Waals surface area contributed by atoms with Crippen LogP contribution in [0.25, 0.3) is 0 Å². The fourth-order valence-corrected chi connectivity index (χ4v) is 1.41. The molecule has 16 heavy (non-hydrogen) atoms. The predicted octanol–water partition coefficient (Wildman–Crippen LogP) is 2.43. The third-order valence-electron chi connectivity index (χ3n) is 1.94. The van der Waals surface area contributed by atoms with Gasteiger partial charge in [0.25, 0.3) is 0 Å². The molecule has 1 N–H and O–H groups in total. The molecule has 0 aliphatic carbocycles. The first-order chi connectivity index (χ1) is 7.74. The van der Waals surface area contributed by atoms with Gasteiger partial charge in [-0.05, 0) is 24.1 Å². The molecular formula is C13H8ClNO. The Kier molecular flexibility index (Phi) is 3.09. The van der Waals surface area contributed by atoms with Crippen LogP contribution in [0.5, 0.6) is 0 Å². The third-order valence-corrected chi connectivity index (χ3v) is 2.17. The molecule has 1 aromatic heterocycles. The summed E-state index contributed by atoms with van der Waals surface area (Å²) in [5, 5.41) is 0.647. The van der Waals surface area contributed by atoms with E-state index in [1.807, 2.05) is 12.1 Å². The van der Waals surface area contributed by atoms with E-state index in [9.17, 15) is 4.79 Å². The van der Waals surface area contributed by atoms with Gasteiger partial charge >= 0.3 is 0 Å². The number of nitrogens with one attached hydrogen (secondary N) is 1. The van der Waals surface area contributed by atoms with Gasteiger partial charge in [0.2, 0.25) is 0 Å². The highest BCUT2D eigenvalue weighted by Gasteiger charge is 1.90. The Bertz CT molecular complexity index is 619. The molecule has 2 rings (SSSR count). The monoisotopic (exact) mass is 229 g/mol. The van der Waals surface area contributed by atoms with Crippen molar-refractivity contribution < 1.29 is 0 Å². The highest BCUT2D eigenvalue weighted by Crippen LogP contribution is 2.09. The summed E-state index contributed by atoms with van der Waals surface area (Å²) in [4.78, 5) is 13.9. The Morgan fingerprint density at radius 2 is 2.00 bits per heavy atom. The summed E-state index contributed by atoms with van der Waals surface area (Å²) in [6.07, 6.45) is 1.57. The summed E-state index contributed by atoms with van der Waals surface area (Å²) in [5.74, 6) is 5.79. The van der Waals surface area contributed by atoms with Crippen LogP contribution >= 0.6 is 11.6 Å². The summed E-state index contributed by atoms with van der Waals surface area (Å²) in [6, 6.07) is 10.2. The lowest BCUT2D eigenvalue weighted by atomic mass is 10.2. The number of benzene rings is 1. The molecule has 0 unspecified atom stereocenters. The van der Waals surface area contributed by atoms with Crippen LogP contribution in [0.2, 0.25) is 5.02 Å². The molecule has 78 valence electrons. The van der Waals surface area contributed by atoms with Crippen molar-refractivity contribution in [3.63, 3.8) is 0 Å². The Balaban J connectivity index is 2.32. The second-order valence-corrected chi connectivity index (χ2v) is 3.63. The van der Waals surface area contributed by atoms with Gasteiger partial charge in [-0.15, -0.1) is 0 Å². The van der Waals surface area contributed by atoms with E-state index in [1.165, 1.54) is 12.1 Å². The summed E-state index contributed by atoms with van der Waals surface area (Å²) in [5.41, 5.74) is 1.35. The van der Waals surface area contributed by atoms with E-state index < -0.39 is 0 Å². The minimum absolute atomic E-state index is 0.0610. The fraction of sp³-hybridized carbons (Fsp3) is 0. The molecule has 0 bridgehead atoms. The van der Waals surface area contributed by atoms with Crippen molar-refractivity contribution >= 4 is 11.6 Å². The first kappa shape index (κ1) is 10.5. The van der Waals surface area contributed by atoms with E-state index in [4.69, 9.17) is 11.6 Å². The molecule has 0 saturated carbocycles. The number of pyridine rings is 1. The lowest BCUT2D eigenvalue weighted by Crippen LogP contribution is -1.98. The second-order valence-electron chi connectivity index (χ2n) is 3.20. The molecule has 0 aliphatic rings. The van der Waals surface area contributed by atoms with Crippen LogP contribution in [-0.4, -0.2) is 4.98 Å². The van der Waals surface area contributed by atoms with Crippen molar-refractivity contribution in [1.29, 1.82) is 0 Å². The van der Waals surface area contributed by atoms with Gasteiger partial charge in [0.15, 0.2) is 5.43 Å². The normalized spacial score (nSPS) is 9.31. The van der Waals surface area contributed by atoms with Crippen molar-refractivity contribution in [2.45, 2.75) is 0 Å².